The quantitative estimate of drug-likeness (QED) is 0.432. The third-order valence-corrected chi connectivity index (χ3v) is 6.23. The van der Waals surface area contributed by atoms with E-state index in [9.17, 15) is 13.6 Å². The number of piperidine rings is 1. The van der Waals surface area contributed by atoms with Crippen molar-refractivity contribution in [1.82, 2.24) is 29.2 Å². The minimum absolute atomic E-state index is 0.0324. The number of hydrogen-bond acceptors (Lipinski definition) is 6. The molecule has 0 radical (unpaired) electrons. The van der Waals surface area contributed by atoms with E-state index in [0.29, 0.717) is 16.3 Å². The Morgan fingerprint density at radius 2 is 1.94 bits per heavy atom. The average Bonchev–Trinajstić information content (AvgIpc) is 3.39. The minimum Gasteiger partial charge on any atom is -0.415 e. The number of halogens is 3. The van der Waals surface area contributed by atoms with Gasteiger partial charge >= 0.3 is 12.1 Å². The van der Waals surface area contributed by atoms with Crippen molar-refractivity contribution < 1.29 is 13.2 Å². The number of alkyl halides is 2. The zero-order valence-corrected chi connectivity index (χ0v) is 18.5. The van der Waals surface area contributed by atoms with E-state index in [2.05, 4.69) is 27.1 Å². The Bertz CT molecular complexity index is 1340. The Hall–Kier alpha value is -3.11. The highest BCUT2D eigenvalue weighted by atomic mass is 35.5. The summed E-state index contributed by atoms with van der Waals surface area (Å²) < 4.78 is 33.9. The third kappa shape index (κ3) is 4.16. The second-order valence-corrected chi connectivity index (χ2v) is 8.63. The summed E-state index contributed by atoms with van der Waals surface area (Å²) in [5, 5.41) is 7.54. The molecule has 1 saturated heterocycles. The first-order valence-corrected chi connectivity index (χ1v) is 10.9. The first kappa shape index (κ1) is 21.7. The standard InChI is InChI=1S/C22H21ClF2N6O2/c1-29-8-6-16(7-9-29)31-18-10-14(23)3-5-17(18)30(22(31)32)12-15-4-2-13(11-26-15)20-27-28-21(33-20)19(24)25/h2-5,10-11,16,19H,6-9,12H2,1H3. The van der Waals surface area contributed by atoms with Crippen molar-refractivity contribution in [3.63, 3.8) is 0 Å². The Balaban J connectivity index is 1.47. The van der Waals surface area contributed by atoms with Crippen molar-refractivity contribution in [2.24, 2.45) is 0 Å². The van der Waals surface area contributed by atoms with Crippen LogP contribution in [0.5, 0.6) is 0 Å². The largest absolute Gasteiger partial charge is 0.415 e. The van der Waals surface area contributed by atoms with Crippen molar-refractivity contribution in [3.8, 4) is 11.5 Å². The molecule has 1 aliphatic heterocycles. The van der Waals surface area contributed by atoms with Gasteiger partial charge in [-0.2, -0.15) is 8.78 Å². The van der Waals surface area contributed by atoms with Gasteiger partial charge in [0, 0.05) is 17.3 Å². The predicted octanol–water partition coefficient (Wildman–Crippen LogP) is 4.15. The first-order valence-electron chi connectivity index (χ1n) is 10.6. The van der Waals surface area contributed by atoms with Crippen molar-refractivity contribution >= 4 is 22.6 Å². The molecule has 4 aromatic rings. The van der Waals surface area contributed by atoms with Crippen molar-refractivity contribution in [1.29, 1.82) is 0 Å². The lowest BCUT2D eigenvalue weighted by atomic mass is 10.1. The van der Waals surface area contributed by atoms with Gasteiger partial charge in [-0.3, -0.25) is 14.1 Å². The maximum Gasteiger partial charge on any atom is 0.329 e. The lowest BCUT2D eigenvalue weighted by molar-refractivity contribution is 0.116. The number of benzene rings is 1. The lowest BCUT2D eigenvalue weighted by Gasteiger charge is -2.29. The van der Waals surface area contributed by atoms with Crippen LogP contribution >= 0.6 is 11.6 Å². The Morgan fingerprint density at radius 3 is 2.61 bits per heavy atom. The maximum absolute atomic E-state index is 13.5. The molecule has 33 heavy (non-hydrogen) atoms. The fraction of sp³-hybridized carbons (Fsp3) is 0.364. The van der Waals surface area contributed by atoms with Gasteiger partial charge in [-0.1, -0.05) is 11.6 Å². The molecule has 11 heteroatoms. The second kappa shape index (κ2) is 8.68. The summed E-state index contributed by atoms with van der Waals surface area (Å²) in [7, 11) is 2.08. The number of pyridine rings is 1. The van der Waals surface area contributed by atoms with Crippen LogP contribution in [-0.4, -0.2) is 49.4 Å². The Kier molecular flexibility index (Phi) is 5.71. The Morgan fingerprint density at radius 1 is 1.15 bits per heavy atom. The van der Waals surface area contributed by atoms with E-state index in [-0.39, 0.29) is 24.2 Å². The molecule has 4 heterocycles. The van der Waals surface area contributed by atoms with Gasteiger partial charge in [0.1, 0.15) is 0 Å². The van der Waals surface area contributed by atoms with Gasteiger partial charge in [0.25, 0.3) is 5.89 Å². The number of nitrogens with zero attached hydrogens (tertiary/aromatic N) is 6. The summed E-state index contributed by atoms with van der Waals surface area (Å²) in [6, 6.07) is 8.92. The average molecular weight is 475 g/mol. The summed E-state index contributed by atoms with van der Waals surface area (Å²) in [5.74, 6) is -0.768. The van der Waals surface area contributed by atoms with Gasteiger partial charge in [-0.25, -0.2) is 4.79 Å². The van der Waals surface area contributed by atoms with Gasteiger partial charge < -0.3 is 9.32 Å². The molecule has 1 aliphatic rings. The zero-order chi connectivity index (χ0) is 23.1. The van der Waals surface area contributed by atoms with E-state index in [4.69, 9.17) is 16.0 Å². The summed E-state index contributed by atoms with van der Waals surface area (Å²) in [4.78, 5) is 20.1. The highest BCUT2D eigenvalue weighted by Gasteiger charge is 2.24. The van der Waals surface area contributed by atoms with E-state index in [1.165, 1.54) is 6.20 Å². The van der Waals surface area contributed by atoms with Crippen LogP contribution in [0.4, 0.5) is 8.78 Å². The molecule has 172 valence electrons. The van der Waals surface area contributed by atoms with Gasteiger partial charge in [0.15, 0.2) is 0 Å². The van der Waals surface area contributed by atoms with Crippen LogP contribution in [0.1, 0.15) is 36.9 Å². The van der Waals surface area contributed by atoms with Gasteiger partial charge in [-0.15, -0.1) is 10.2 Å². The monoisotopic (exact) mass is 474 g/mol. The van der Waals surface area contributed by atoms with Crippen LogP contribution in [-0.2, 0) is 6.54 Å². The molecule has 0 saturated carbocycles. The molecule has 1 fully saturated rings. The molecule has 0 amide bonds. The predicted molar refractivity (Wildman–Crippen MR) is 119 cm³/mol. The van der Waals surface area contributed by atoms with E-state index in [1.54, 1.807) is 22.8 Å². The van der Waals surface area contributed by atoms with Gasteiger partial charge in [0.05, 0.1) is 28.8 Å². The van der Waals surface area contributed by atoms with Gasteiger partial charge in [0.2, 0.25) is 5.89 Å². The van der Waals surface area contributed by atoms with Crippen LogP contribution < -0.4 is 5.69 Å². The van der Waals surface area contributed by atoms with E-state index >= 15 is 0 Å². The Labute approximate surface area is 192 Å². The minimum atomic E-state index is -2.83. The van der Waals surface area contributed by atoms with Crippen molar-refractivity contribution in [2.45, 2.75) is 31.9 Å². The topological polar surface area (TPSA) is 82.0 Å². The molecule has 8 nitrogen and oxygen atoms in total. The molecular formula is C22H21ClF2N6O2. The zero-order valence-electron chi connectivity index (χ0n) is 17.8. The normalized spacial score (nSPS) is 15.7. The maximum atomic E-state index is 13.5. The molecule has 0 unspecified atom stereocenters. The number of rotatable bonds is 5. The molecule has 5 rings (SSSR count). The molecule has 0 atom stereocenters. The smallest absolute Gasteiger partial charge is 0.329 e. The summed E-state index contributed by atoms with van der Waals surface area (Å²) in [6.07, 6.45) is 0.413. The van der Waals surface area contributed by atoms with Gasteiger partial charge in [-0.05, 0) is 63.3 Å². The molecule has 0 bridgehead atoms. The van der Waals surface area contributed by atoms with E-state index in [1.807, 2.05) is 16.7 Å². The summed E-state index contributed by atoms with van der Waals surface area (Å²) in [5.41, 5.74) is 2.54. The van der Waals surface area contributed by atoms with Crippen LogP contribution in [0, 0.1) is 0 Å². The molecule has 3 aromatic heterocycles. The molecule has 0 N–H and O–H groups in total. The van der Waals surface area contributed by atoms with Crippen LogP contribution in [0.15, 0.2) is 45.7 Å². The van der Waals surface area contributed by atoms with Crippen molar-refractivity contribution in [3.05, 3.63) is 63.6 Å². The van der Waals surface area contributed by atoms with Crippen LogP contribution in [0.25, 0.3) is 22.5 Å². The van der Waals surface area contributed by atoms with Crippen LogP contribution in [0.3, 0.4) is 0 Å². The molecular weight excluding hydrogens is 454 g/mol. The second-order valence-electron chi connectivity index (χ2n) is 8.19. The summed E-state index contributed by atoms with van der Waals surface area (Å²) in [6.45, 7) is 2.11. The number of imidazole rings is 1. The fourth-order valence-corrected chi connectivity index (χ4v) is 4.43. The SMILES string of the molecule is CN1CCC(n2c(=O)n(Cc3ccc(-c4nnc(C(F)F)o4)cn3)c3ccc(Cl)cc32)CC1. The van der Waals surface area contributed by atoms with Crippen molar-refractivity contribution in [2.75, 3.05) is 20.1 Å². The fourth-order valence-electron chi connectivity index (χ4n) is 4.26. The van der Waals surface area contributed by atoms with E-state index < -0.39 is 12.3 Å². The first-order chi connectivity index (χ1) is 15.9. The molecule has 1 aromatic carbocycles. The number of aromatic nitrogens is 5. The number of fused-ring (bicyclic) bond motifs is 1. The number of hydrogen-bond donors (Lipinski definition) is 0. The molecule has 0 spiro atoms. The van der Waals surface area contributed by atoms with E-state index in [0.717, 1.165) is 37.0 Å². The third-order valence-electron chi connectivity index (χ3n) is 6.00. The van der Waals surface area contributed by atoms with Crippen LogP contribution in [0.2, 0.25) is 5.02 Å². The summed E-state index contributed by atoms with van der Waals surface area (Å²) >= 11 is 6.26. The highest BCUT2D eigenvalue weighted by molar-refractivity contribution is 6.31. The molecule has 0 aliphatic carbocycles. The lowest BCUT2D eigenvalue weighted by Crippen LogP contribution is -2.36. The highest BCUT2D eigenvalue weighted by Crippen LogP contribution is 2.28. The number of likely N-dealkylation sites (tertiary alicyclic amines) is 1.